The highest BCUT2D eigenvalue weighted by Gasteiger charge is 2.29. The van der Waals surface area contributed by atoms with Gasteiger partial charge in [0, 0.05) is 34.9 Å². The number of hydrogen-bond acceptors (Lipinski definition) is 8. The molecule has 2 heterocycles. The first-order chi connectivity index (χ1) is 16.0. The number of carbonyl (C=O) groups excluding carboxylic acids is 1. The van der Waals surface area contributed by atoms with Crippen LogP contribution < -0.4 is 15.8 Å². The molecule has 11 heteroatoms. The Morgan fingerprint density at radius 1 is 1.21 bits per heavy atom. The zero-order valence-corrected chi connectivity index (χ0v) is 21.3. The van der Waals surface area contributed by atoms with Crippen molar-refractivity contribution in [3.05, 3.63) is 29.4 Å². The van der Waals surface area contributed by atoms with Crippen molar-refractivity contribution in [2.45, 2.75) is 75.0 Å². The van der Waals surface area contributed by atoms with E-state index < -0.39 is 15.6 Å². The number of hydrogen-bond donors (Lipinski definition) is 3. The van der Waals surface area contributed by atoms with Gasteiger partial charge in [-0.05, 0) is 58.6 Å². The predicted octanol–water partition coefficient (Wildman–Crippen LogP) is 3.62. The quantitative estimate of drug-likeness (QED) is 0.508. The van der Waals surface area contributed by atoms with Crippen molar-refractivity contribution in [3.63, 3.8) is 0 Å². The summed E-state index contributed by atoms with van der Waals surface area (Å²) in [5.41, 5.74) is 6.28. The second kappa shape index (κ2) is 9.80. The standard InChI is InChI=1S/C23H32N4O5S2/c1-23(2,3)27-34(29,30)20-10-15(24)6-9-18(20)19-11-25-21(33-19)14-4-7-16(8-5-14)26-22(28)32-17-12-31-13-17/h6,9-11,14,16-17,27H,4-5,7-8,12-13,24H2,1-3H3,(H,26,28). The molecule has 2 aromatic rings. The zero-order chi connectivity index (χ0) is 24.5. The highest BCUT2D eigenvalue weighted by Crippen LogP contribution is 2.39. The molecule has 2 fully saturated rings. The van der Waals surface area contributed by atoms with Gasteiger partial charge in [0.25, 0.3) is 0 Å². The molecule has 4 rings (SSSR count). The van der Waals surface area contributed by atoms with Crippen LogP contribution in [0.1, 0.15) is 57.4 Å². The van der Waals surface area contributed by atoms with Gasteiger partial charge in [-0.1, -0.05) is 6.07 Å². The van der Waals surface area contributed by atoms with Gasteiger partial charge in [0.1, 0.15) is 0 Å². The molecule has 186 valence electrons. The monoisotopic (exact) mass is 508 g/mol. The molecule has 0 radical (unpaired) electrons. The van der Waals surface area contributed by atoms with Crippen LogP contribution in [0.4, 0.5) is 10.5 Å². The SMILES string of the molecule is CC(C)(C)NS(=O)(=O)c1cc(N)ccc1-c1cnc(C2CCC(NC(=O)OC3COC3)CC2)s1. The maximum atomic E-state index is 13.1. The van der Waals surface area contributed by atoms with Crippen molar-refractivity contribution >= 4 is 33.1 Å². The van der Waals surface area contributed by atoms with E-state index in [2.05, 4.69) is 15.0 Å². The lowest BCUT2D eigenvalue weighted by Gasteiger charge is -2.30. The van der Waals surface area contributed by atoms with Gasteiger partial charge in [0.15, 0.2) is 6.10 Å². The van der Waals surface area contributed by atoms with E-state index in [1.807, 2.05) is 0 Å². The van der Waals surface area contributed by atoms with E-state index in [9.17, 15) is 13.2 Å². The summed E-state index contributed by atoms with van der Waals surface area (Å²) >= 11 is 1.51. The van der Waals surface area contributed by atoms with Crippen molar-refractivity contribution in [1.82, 2.24) is 15.0 Å². The number of benzene rings is 1. The third-order valence-electron chi connectivity index (χ3n) is 5.80. The largest absolute Gasteiger partial charge is 0.441 e. The molecule has 1 amide bonds. The molecule has 1 aromatic carbocycles. The number of nitrogens with two attached hydrogens (primary N) is 1. The molecule has 1 saturated carbocycles. The lowest BCUT2D eigenvalue weighted by atomic mass is 9.86. The molecule has 1 aromatic heterocycles. The summed E-state index contributed by atoms with van der Waals surface area (Å²) in [5.74, 6) is 0.273. The highest BCUT2D eigenvalue weighted by atomic mass is 32.2. The van der Waals surface area contributed by atoms with Crippen molar-refractivity contribution in [2.75, 3.05) is 18.9 Å². The fourth-order valence-corrected chi connectivity index (χ4v) is 7.01. The van der Waals surface area contributed by atoms with Gasteiger partial charge >= 0.3 is 6.09 Å². The summed E-state index contributed by atoms with van der Waals surface area (Å²) < 4.78 is 39.2. The van der Waals surface area contributed by atoms with E-state index in [0.29, 0.717) is 24.5 Å². The Morgan fingerprint density at radius 2 is 1.91 bits per heavy atom. The summed E-state index contributed by atoms with van der Waals surface area (Å²) in [6.07, 6.45) is 4.69. The number of rotatable bonds is 6. The summed E-state index contributed by atoms with van der Waals surface area (Å²) in [6.45, 7) is 6.33. The predicted molar refractivity (Wildman–Crippen MR) is 131 cm³/mol. The van der Waals surface area contributed by atoms with Gasteiger partial charge < -0.3 is 20.5 Å². The molecular weight excluding hydrogens is 476 g/mol. The molecule has 4 N–H and O–H groups in total. The van der Waals surface area contributed by atoms with Crippen LogP contribution in [0.25, 0.3) is 10.4 Å². The van der Waals surface area contributed by atoms with Gasteiger partial charge in [-0.3, -0.25) is 0 Å². The molecule has 0 unspecified atom stereocenters. The fourth-order valence-electron chi connectivity index (χ4n) is 4.14. The van der Waals surface area contributed by atoms with Crippen LogP contribution in [-0.4, -0.2) is 50.4 Å². The Labute approximate surface area is 204 Å². The number of carbonyl (C=O) groups is 1. The smallest absolute Gasteiger partial charge is 0.407 e. The Hall–Kier alpha value is -2.21. The molecule has 9 nitrogen and oxygen atoms in total. The highest BCUT2D eigenvalue weighted by molar-refractivity contribution is 7.89. The maximum absolute atomic E-state index is 13.1. The molecule has 0 atom stereocenters. The first-order valence-electron chi connectivity index (χ1n) is 11.4. The van der Waals surface area contributed by atoms with Gasteiger partial charge in [-0.2, -0.15) is 0 Å². The van der Waals surface area contributed by atoms with Crippen molar-refractivity contribution in [3.8, 4) is 10.4 Å². The average molecular weight is 509 g/mol. The number of ether oxygens (including phenoxy) is 2. The number of anilines is 1. The minimum absolute atomic E-state index is 0.0847. The van der Waals surface area contributed by atoms with Crippen LogP contribution in [0.3, 0.4) is 0 Å². The second-order valence-corrected chi connectivity index (χ2v) is 12.6. The third kappa shape index (κ3) is 6.07. The minimum Gasteiger partial charge on any atom is -0.441 e. The normalized spacial score (nSPS) is 21.6. The molecule has 0 bridgehead atoms. The molecule has 0 spiro atoms. The van der Waals surface area contributed by atoms with Crippen LogP contribution in [0.15, 0.2) is 29.3 Å². The van der Waals surface area contributed by atoms with Crippen LogP contribution in [0.5, 0.6) is 0 Å². The number of nitrogen functional groups attached to an aromatic ring is 1. The Bertz CT molecular complexity index is 1130. The van der Waals surface area contributed by atoms with Crippen LogP contribution in [0, 0.1) is 0 Å². The number of thiazole rings is 1. The Balaban J connectivity index is 1.43. The first kappa shape index (κ1) is 24.9. The number of aromatic nitrogens is 1. The Kier molecular flexibility index (Phi) is 7.18. The molecule has 34 heavy (non-hydrogen) atoms. The molecule has 1 saturated heterocycles. The van der Waals surface area contributed by atoms with E-state index in [1.165, 1.54) is 17.4 Å². The molecular formula is C23H32N4O5S2. The molecule has 1 aliphatic heterocycles. The van der Waals surface area contributed by atoms with Crippen LogP contribution in [0.2, 0.25) is 0 Å². The van der Waals surface area contributed by atoms with Crippen LogP contribution >= 0.6 is 11.3 Å². The number of sulfonamides is 1. The van der Waals surface area contributed by atoms with Gasteiger partial charge in [0.05, 0.1) is 28.0 Å². The molecule has 1 aliphatic carbocycles. The zero-order valence-electron chi connectivity index (χ0n) is 19.7. The summed E-state index contributed by atoms with van der Waals surface area (Å²) in [5, 5.41) is 3.93. The van der Waals surface area contributed by atoms with Crippen molar-refractivity contribution < 1.29 is 22.7 Å². The Morgan fingerprint density at radius 3 is 2.53 bits per heavy atom. The molecule has 2 aliphatic rings. The van der Waals surface area contributed by atoms with E-state index in [0.717, 1.165) is 35.6 Å². The third-order valence-corrected chi connectivity index (χ3v) is 8.80. The summed E-state index contributed by atoms with van der Waals surface area (Å²) in [6, 6.07) is 5.02. The lowest BCUT2D eigenvalue weighted by molar-refractivity contribution is -0.0985. The van der Waals surface area contributed by atoms with E-state index in [4.69, 9.17) is 15.2 Å². The van der Waals surface area contributed by atoms with Gasteiger partial charge in [-0.25, -0.2) is 22.9 Å². The van der Waals surface area contributed by atoms with Crippen LogP contribution in [-0.2, 0) is 19.5 Å². The topological polar surface area (TPSA) is 133 Å². The number of alkyl carbamates (subject to hydrolysis) is 1. The fraction of sp³-hybridized carbons (Fsp3) is 0.565. The number of amides is 1. The van der Waals surface area contributed by atoms with E-state index in [-0.39, 0.29) is 29.1 Å². The van der Waals surface area contributed by atoms with E-state index in [1.54, 1.807) is 39.1 Å². The van der Waals surface area contributed by atoms with Crippen molar-refractivity contribution in [1.29, 1.82) is 0 Å². The van der Waals surface area contributed by atoms with E-state index >= 15 is 0 Å². The lowest BCUT2D eigenvalue weighted by Crippen LogP contribution is -2.44. The minimum atomic E-state index is -3.77. The number of nitrogens with one attached hydrogen (secondary N) is 2. The van der Waals surface area contributed by atoms with Gasteiger partial charge in [-0.15, -0.1) is 11.3 Å². The first-order valence-corrected chi connectivity index (χ1v) is 13.7. The second-order valence-electron chi connectivity index (χ2n) is 9.93. The summed E-state index contributed by atoms with van der Waals surface area (Å²) in [7, 11) is -3.77. The average Bonchev–Trinajstić information content (AvgIpc) is 3.19. The van der Waals surface area contributed by atoms with Crippen molar-refractivity contribution in [2.24, 2.45) is 0 Å². The number of nitrogens with zero attached hydrogens (tertiary/aromatic N) is 1. The summed E-state index contributed by atoms with van der Waals surface area (Å²) in [4.78, 5) is 17.6. The van der Waals surface area contributed by atoms with Gasteiger partial charge in [0.2, 0.25) is 10.0 Å². The maximum Gasteiger partial charge on any atom is 0.407 e.